The summed E-state index contributed by atoms with van der Waals surface area (Å²) < 4.78 is 44.9. The summed E-state index contributed by atoms with van der Waals surface area (Å²) in [5.74, 6) is -1.97. The zero-order valence-electron chi connectivity index (χ0n) is 16.9. The number of nitrogens with zero attached hydrogens (tertiary/aromatic N) is 2. The van der Waals surface area contributed by atoms with Crippen molar-refractivity contribution in [1.29, 1.82) is 0 Å². The second kappa shape index (κ2) is 8.86. The van der Waals surface area contributed by atoms with E-state index in [1.807, 2.05) is 0 Å². The van der Waals surface area contributed by atoms with Crippen molar-refractivity contribution in [2.45, 2.75) is 18.6 Å². The van der Waals surface area contributed by atoms with Crippen LogP contribution in [0, 0.1) is 5.92 Å². The van der Waals surface area contributed by atoms with Crippen LogP contribution in [-0.2, 0) is 17.5 Å². The smallest absolute Gasteiger partial charge is 0.416 e. The SMILES string of the molecule is O=C(NCc1ccccn1)C1CN(C(=O)c2ccco2)CC1c1cccc(C(F)(F)F)c1. The van der Waals surface area contributed by atoms with Crippen molar-refractivity contribution in [1.82, 2.24) is 15.2 Å². The zero-order valence-corrected chi connectivity index (χ0v) is 16.9. The van der Waals surface area contributed by atoms with Gasteiger partial charge in [-0.2, -0.15) is 13.2 Å². The summed E-state index contributed by atoms with van der Waals surface area (Å²) in [6.07, 6.45) is -1.54. The second-order valence-corrected chi connectivity index (χ2v) is 7.56. The molecule has 1 N–H and O–H groups in total. The van der Waals surface area contributed by atoms with Crippen molar-refractivity contribution in [2.24, 2.45) is 5.92 Å². The maximum Gasteiger partial charge on any atom is 0.416 e. The number of alkyl halides is 3. The van der Waals surface area contributed by atoms with Crippen molar-refractivity contribution in [3.63, 3.8) is 0 Å². The van der Waals surface area contributed by atoms with Gasteiger partial charge in [-0.15, -0.1) is 0 Å². The van der Waals surface area contributed by atoms with Crippen LogP contribution in [0.5, 0.6) is 0 Å². The highest BCUT2D eigenvalue weighted by molar-refractivity contribution is 5.92. The van der Waals surface area contributed by atoms with Gasteiger partial charge in [-0.3, -0.25) is 14.6 Å². The lowest BCUT2D eigenvalue weighted by Crippen LogP contribution is -2.35. The predicted molar refractivity (Wildman–Crippen MR) is 108 cm³/mol. The molecule has 0 saturated carbocycles. The van der Waals surface area contributed by atoms with E-state index in [2.05, 4.69) is 10.3 Å². The Morgan fingerprint density at radius 2 is 1.94 bits per heavy atom. The van der Waals surface area contributed by atoms with Crippen molar-refractivity contribution < 1.29 is 27.2 Å². The van der Waals surface area contributed by atoms with Gasteiger partial charge < -0.3 is 14.6 Å². The zero-order chi connectivity index (χ0) is 22.7. The van der Waals surface area contributed by atoms with E-state index in [0.717, 1.165) is 12.1 Å². The summed E-state index contributed by atoms with van der Waals surface area (Å²) in [6.45, 7) is 0.342. The summed E-state index contributed by atoms with van der Waals surface area (Å²) in [6, 6.07) is 13.3. The Bertz CT molecular complexity index is 1080. The summed E-state index contributed by atoms with van der Waals surface area (Å²) in [7, 11) is 0. The first-order chi connectivity index (χ1) is 15.3. The molecule has 6 nitrogen and oxygen atoms in total. The Kier molecular flexibility index (Phi) is 5.98. The van der Waals surface area contributed by atoms with E-state index in [-0.39, 0.29) is 31.3 Å². The van der Waals surface area contributed by atoms with Gasteiger partial charge in [0, 0.05) is 25.2 Å². The minimum Gasteiger partial charge on any atom is -0.459 e. The van der Waals surface area contributed by atoms with E-state index in [1.165, 1.54) is 23.3 Å². The fraction of sp³-hybridized carbons (Fsp3) is 0.261. The minimum atomic E-state index is -4.50. The van der Waals surface area contributed by atoms with E-state index in [0.29, 0.717) is 11.3 Å². The van der Waals surface area contributed by atoms with Crippen LogP contribution in [0.4, 0.5) is 13.2 Å². The standard InChI is InChI=1S/C23H20F3N3O3/c24-23(25,26)16-6-3-5-15(11-16)18-13-29(22(31)20-8-4-10-32-20)14-19(18)21(30)28-12-17-7-1-2-9-27-17/h1-11,18-19H,12-14H2,(H,28,30). The highest BCUT2D eigenvalue weighted by Gasteiger charge is 2.42. The predicted octanol–water partition coefficient (Wildman–Crippen LogP) is 3.87. The molecule has 32 heavy (non-hydrogen) atoms. The lowest BCUT2D eigenvalue weighted by molar-refractivity contribution is -0.137. The molecule has 2 unspecified atom stereocenters. The average Bonchev–Trinajstić information content (AvgIpc) is 3.48. The lowest BCUT2D eigenvalue weighted by Gasteiger charge is -2.19. The molecule has 4 rings (SSSR count). The van der Waals surface area contributed by atoms with Crippen molar-refractivity contribution in [2.75, 3.05) is 13.1 Å². The molecule has 2 aromatic heterocycles. The maximum absolute atomic E-state index is 13.2. The third-order valence-corrected chi connectivity index (χ3v) is 5.49. The van der Waals surface area contributed by atoms with Gasteiger partial charge in [-0.05, 0) is 35.9 Å². The number of likely N-dealkylation sites (tertiary alicyclic amines) is 1. The molecule has 3 aromatic rings. The summed E-state index contributed by atoms with van der Waals surface area (Å²) >= 11 is 0. The van der Waals surface area contributed by atoms with Gasteiger partial charge in [0.15, 0.2) is 5.76 Å². The first kappa shape index (κ1) is 21.6. The molecular weight excluding hydrogens is 423 g/mol. The van der Waals surface area contributed by atoms with Crippen molar-refractivity contribution in [3.8, 4) is 0 Å². The molecule has 1 aliphatic heterocycles. The van der Waals surface area contributed by atoms with Crippen LogP contribution in [-0.4, -0.2) is 34.8 Å². The fourth-order valence-electron chi connectivity index (χ4n) is 3.89. The van der Waals surface area contributed by atoms with Crippen molar-refractivity contribution >= 4 is 11.8 Å². The van der Waals surface area contributed by atoms with Gasteiger partial charge in [0.05, 0.1) is 30.0 Å². The van der Waals surface area contributed by atoms with Gasteiger partial charge in [0.2, 0.25) is 5.91 Å². The number of benzene rings is 1. The second-order valence-electron chi connectivity index (χ2n) is 7.56. The molecular formula is C23H20F3N3O3. The molecule has 0 spiro atoms. The number of pyridine rings is 1. The van der Waals surface area contributed by atoms with E-state index in [9.17, 15) is 22.8 Å². The molecule has 1 aliphatic rings. The Labute approximate surface area is 182 Å². The van der Waals surface area contributed by atoms with E-state index >= 15 is 0 Å². The Balaban J connectivity index is 1.58. The van der Waals surface area contributed by atoms with Gasteiger partial charge >= 0.3 is 6.18 Å². The minimum absolute atomic E-state index is 0.0640. The Morgan fingerprint density at radius 1 is 1.09 bits per heavy atom. The first-order valence-corrected chi connectivity index (χ1v) is 10.0. The number of amides is 2. The quantitative estimate of drug-likeness (QED) is 0.650. The Morgan fingerprint density at radius 3 is 2.62 bits per heavy atom. The number of carbonyl (C=O) groups excluding carboxylic acids is 2. The van der Waals surface area contributed by atoms with Gasteiger partial charge in [0.1, 0.15) is 0 Å². The monoisotopic (exact) mass is 443 g/mol. The number of furan rings is 1. The van der Waals surface area contributed by atoms with Crippen LogP contribution in [0.1, 0.15) is 33.3 Å². The highest BCUT2D eigenvalue weighted by atomic mass is 19.4. The molecule has 166 valence electrons. The maximum atomic E-state index is 13.2. The molecule has 2 atom stereocenters. The topological polar surface area (TPSA) is 75.4 Å². The van der Waals surface area contributed by atoms with Crippen LogP contribution in [0.25, 0.3) is 0 Å². The van der Waals surface area contributed by atoms with E-state index < -0.39 is 29.5 Å². The van der Waals surface area contributed by atoms with Gasteiger partial charge in [0.25, 0.3) is 5.91 Å². The average molecular weight is 443 g/mol. The van der Waals surface area contributed by atoms with Crippen molar-refractivity contribution in [3.05, 3.63) is 89.6 Å². The summed E-state index contributed by atoms with van der Waals surface area (Å²) in [4.78, 5) is 31.4. The van der Waals surface area contributed by atoms with Crippen LogP contribution < -0.4 is 5.32 Å². The van der Waals surface area contributed by atoms with Crippen LogP contribution in [0.15, 0.2) is 71.5 Å². The summed E-state index contributed by atoms with van der Waals surface area (Å²) in [5, 5.41) is 2.79. The Hall–Kier alpha value is -3.62. The molecule has 1 fully saturated rings. The fourth-order valence-corrected chi connectivity index (χ4v) is 3.89. The van der Waals surface area contributed by atoms with Crippen LogP contribution >= 0.6 is 0 Å². The van der Waals surface area contributed by atoms with E-state index in [1.54, 1.807) is 36.5 Å². The number of nitrogens with one attached hydrogen (secondary N) is 1. The molecule has 9 heteroatoms. The molecule has 0 bridgehead atoms. The molecule has 0 radical (unpaired) electrons. The number of rotatable bonds is 5. The molecule has 1 aromatic carbocycles. The number of hydrogen-bond donors (Lipinski definition) is 1. The molecule has 2 amide bonds. The summed E-state index contributed by atoms with van der Waals surface area (Å²) in [5.41, 5.74) is 0.212. The van der Waals surface area contributed by atoms with Gasteiger partial charge in [-0.1, -0.05) is 24.3 Å². The third kappa shape index (κ3) is 4.66. The highest BCUT2D eigenvalue weighted by Crippen LogP contribution is 2.37. The number of halogens is 3. The third-order valence-electron chi connectivity index (χ3n) is 5.49. The van der Waals surface area contributed by atoms with Crippen LogP contribution in [0.2, 0.25) is 0 Å². The number of carbonyl (C=O) groups is 2. The van der Waals surface area contributed by atoms with Gasteiger partial charge in [-0.25, -0.2) is 0 Å². The first-order valence-electron chi connectivity index (χ1n) is 10.0. The molecule has 0 aliphatic carbocycles. The number of hydrogen-bond acceptors (Lipinski definition) is 4. The lowest BCUT2D eigenvalue weighted by atomic mass is 9.87. The molecule has 3 heterocycles. The molecule has 1 saturated heterocycles. The normalized spacial score (nSPS) is 18.5. The van der Waals surface area contributed by atoms with Crippen LogP contribution in [0.3, 0.4) is 0 Å². The van der Waals surface area contributed by atoms with E-state index in [4.69, 9.17) is 4.42 Å². The largest absolute Gasteiger partial charge is 0.459 e. The number of aromatic nitrogens is 1.